The Balaban J connectivity index is 0.000000555. The quantitative estimate of drug-likeness (QED) is 0.176. The van der Waals surface area contributed by atoms with Crippen molar-refractivity contribution >= 4 is 34.6 Å². The number of nitrogens with zero attached hydrogens (tertiary/aromatic N) is 4. The summed E-state index contributed by atoms with van der Waals surface area (Å²) in [5.41, 5.74) is 2.69. The van der Waals surface area contributed by atoms with E-state index in [1.54, 1.807) is 30.6 Å². The highest BCUT2D eigenvalue weighted by atomic mass is 19.4. The summed E-state index contributed by atoms with van der Waals surface area (Å²) in [6.45, 7) is 5.13. The van der Waals surface area contributed by atoms with Crippen LogP contribution >= 0.6 is 0 Å². The van der Waals surface area contributed by atoms with E-state index in [-0.39, 0.29) is 17.8 Å². The molecule has 1 saturated heterocycles. The zero-order valence-electron chi connectivity index (χ0n) is 25.4. The summed E-state index contributed by atoms with van der Waals surface area (Å²) < 4.78 is 41.8. The van der Waals surface area contributed by atoms with Gasteiger partial charge in [0.25, 0.3) is 5.91 Å². The van der Waals surface area contributed by atoms with Gasteiger partial charge in [-0.25, -0.2) is 14.6 Å². The fourth-order valence-corrected chi connectivity index (χ4v) is 4.59. The Kier molecular flexibility index (Phi) is 11.1. The number of halogens is 3. The number of aliphatic carboxylic acids is 2. The standard InChI is InChI=1S/C29H27F3N6O.C4H4O4/c1-19-3-5-22(14-21(19)6-4-20-13-24-17-34-36-27(24)33-16-20)28(39)35-25-8-7-23(26(15-25)29(30,31)32)18-38-11-9-37(2)10-12-38;5-3(6)1-2-4(7)8/h3,5,7-8,13-17H,9-12,18H2,1-2H3,(H,35,39)(H,33,34,36);1-2H,(H,5,6)(H,7,8)/b;2-1+. The molecule has 2 aromatic carbocycles. The molecule has 0 aliphatic carbocycles. The molecule has 5 rings (SSSR count). The molecule has 47 heavy (non-hydrogen) atoms. The lowest BCUT2D eigenvalue weighted by molar-refractivity contribution is -0.138. The van der Waals surface area contributed by atoms with Crippen LogP contribution in [-0.4, -0.2) is 86.3 Å². The van der Waals surface area contributed by atoms with Crippen molar-refractivity contribution in [1.29, 1.82) is 0 Å². The van der Waals surface area contributed by atoms with Crippen LogP contribution in [-0.2, 0) is 22.3 Å². The molecular weight excluding hydrogens is 617 g/mol. The summed E-state index contributed by atoms with van der Waals surface area (Å²) in [6.07, 6.45) is -0.133. The maximum Gasteiger partial charge on any atom is 0.416 e. The van der Waals surface area contributed by atoms with Crippen molar-refractivity contribution in [3.63, 3.8) is 0 Å². The van der Waals surface area contributed by atoms with Crippen molar-refractivity contribution in [2.75, 3.05) is 38.5 Å². The molecule has 4 aromatic rings. The second-order valence-corrected chi connectivity index (χ2v) is 10.7. The van der Waals surface area contributed by atoms with Crippen LogP contribution in [0.4, 0.5) is 18.9 Å². The van der Waals surface area contributed by atoms with Crippen molar-refractivity contribution in [3.05, 3.63) is 100 Å². The Hall–Kier alpha value is -5.52. The molecular formula is C33H31F3N6O5. The second-order valence-electron chi connectivity index (χ2n) is 10.7. The minimum Gasteiger partial charge on any atom is -0.478 e. The number of aromatic amines is 1. The molecule has 14 heteroatoms. The number of aromatic nitrogens is 3. The number of H-pyrrole nitrogens is 1. The number of hydrogen-bond acceptors (Lipinski definition) is 7. The molecule has 3 heterocycles. The number of rotatable bonds is 6. The highest BCUT2D eigenvalue weighted by Crippen LogP contribution is 2.34. The van der Waals surface area contributed by atoms with Crippen LogP contribution in [0, 0.1) is 18.8 Å². The summed E-state index contributed by atoms with van der Waals surface area (Å²) in [6, 6.07) is 10.9. The van der Waals surface area contributed by atoms with E-state index >= 15 is 0 Å². The van der Waals surface area contributed by atoms with Gasteiger partial charge in [-0.15, -0.1) is 0 Å². The van der Waals surface area contributed by atoms with Gasteiger partial charge < -0.3 is 20.4 Å². The van der Waals surface area contributed by atoms with Gasteiger partial charge in [0.05, 0.1) is 11.8 Å². The number of hydrogen-bond donors (Lipinski definition) is 4. The van der Waals surface area contributed by atoms with Crippen molar-refractivity contribution in [2.24, 2.45) is 0 Å². The van der Waals surface area contributed by atoms with Gasteiger partial charge in [0, 0.05) is 78.8 Å². The first kappa shape index (κ1) is 34.4. The molecule has 11 nitrogen and oxygen atoms in total. The van der Waals surface area contributed by atoms with Crippen molar-refractivity contribution in [1.82, 2.24) is 25.0 Å². The Morgan fingerprint density at radius 2 is 1.68 bits per heavy atom. The molecule has 0 spiro atoms. The summed E-state index contributed by atoms with van der Waals surface area (Å²) in [5.74, 6) is 3.09. The highest BCUT2D eigenvalue weighted by Gasteiger charge is 2.34. The smallest absolute Gasteiger partial charge is 0.416 e. The number of carboxylic acids is 2. The van der Waals surface area contributed by atoms with Gasteiger partial charge in [0.15, 0.2) is 5.65 Å². The normalized spacial score (nSPS) is 13.8. The molecule has 1 aliphatic heterocycles. The number of benzene rings is 2. The summed E-state index contributed by atoms with van der Waals surface area (Å²) in [5, 5.41) is 25.8. The Bertz CT molecular complexity index is 1850. The Morgan fingerprint density at radius 1 is 0.979 bits per heavy atom. The van der Waals surface area contributed by atoms with Crippen LogP contribution in [0.1, 0.15) is 38.2 Å². The third-order valence-corrected chi connectivity index (χ3v) is 7.16. The molecule has 1 fully saturated rings. The van der Waals surface area contributed by atoms with Gasteiger partial charge in [-0.1, -0.05) is 24.0 Å². The van der Waals surface area contributed by atoms with Crippen LogP contribution in [0.2, 0.25) is 0 Å². The average molecular weight is 649 g/mol. The Labute approximate surface area is 267 Å². The minimum atomic E-state index is -4.54. The number of carbonyl (C=O) groups excluding carboxylic acids is 1. The molecule has 244 valence electrons. The molecule has 2 aromatic heterocycles. The van der Waals surface area contributed by atoms with Crippen LogP contribution in [0.15, 0.2) is 67.0 Å². The number of carbonyl (C=O) groups is 3. The van der Waals surface area contributed by atoms with Gasteiger partial charge in [-0.05, 0) is 55.4 Å². The SMILES string of the molecule is Cc1ccc(C(=O)Nc2ccc(CN3CCN(C)CC3)c(C(F)(F)F)c2)cc1C#Cc1cnc2[nH]ncc2c1.O=C(O)/C=C/C(=O)O. The largest absolute Gasteiger partial charge is 0.478 e. The fourth-order valence-electron chi connectivity index (χ4n) is 4.59. The van der Waals surface area contributed by atoms with E-state index in [2.05, 4.69) is 37.2 Å². The zero-order chi connectivity index (χ0) is 34.1. The molecule has 0 atom stereocenters. The zero-order valence-corrected chi connectivity index (χ0v) is 25.4. The number of anilines is 1. The number of pyridine rings is 1. The summed E-state index contributed by atoms with van der Waals surface area (Å²) >= 11 is 0. The second kappa shape index (κ2) is 15.2. The molecule has 0 bridgehead atoms. The molecule has 1 aliphatic rings. The van der Waals surface area contributed by atoms with Crippen LogP contribution in [0.25, 0.3) is 11.0 Å². The van der Waals surface area contributed by atoms with Crippen LogP contribution in [0.3, 0.4) is 0 Å². The predicted molar refractivity (Wildman–Crippen MR) is 168 cm³/mol. The van der Waals surface area contributed by atoms with Gasteiger partial charge in [0.1, 0.15) is 0 Å². The number of aryl methyl sites for hydroxylation is 1. The van der Waals surface area contributed by atoms with Gasteiger partial charge in [-0.3, -0.25) is 14.8 Å². The van der Waals surface area contributed by atoms with E-state index in [4.69, 9.17) is 10.2 Å². The summed E-state index contributed by atoms with van der Waals surface area (Å²) in [7, 11) is 2.00. The van der Waals surface area contributed by atoms with E-state index in [1.807, 2.05) is 24.9 Å². The number of nitrogens with one attached hydrogen (secondary N) is 2. The molecule has 0 unspecified atom stereocenters. The molecule has 1 amide bonds. The number of piperazine rings is 1. The minimum absolute atomic E-state index is 0.0853. The average Bonchev–Trinajstić information content (AvgIpc) is 3.49. The molecule has 0 saturated carbocycles. The lowest BCUT2D eigenvalue weighted by Crippen LogP contribution is -2.44. The topological polar surface area (TPSA) is 152 Å². The van der Waals surface area contributed by atoms with E-state index < -0.39 is 29.6 Å². The lowest BCUT2D eigenvalue weighted by atomic mass is 10.0. The monoisotopic (exact) mass is 648 g/mol. The third kappa shape index (κ3) is 9.98. The van der Waals surface area contributed by atoms with Crippen molar-refractivity contribution in [3.8, 4) is 11.8 Å². The number of fused-ring (bicyclic) bond motifs is 1. The first-order chi connectivity index (χ1) is 22.3. The summed E-state index contributed by atoms with van der Waals surface area (Å²) in [4.78, 5) is 40.5. The van der Waals surface area contributed by atoms with E-state index in [0.717, 1.165) is 30.1 Å². The first-order valence-electron chi connectivity index (χ1n) is 14.3. The molecule has 4 N–H and O–H groups in total. The molecule has 0 radical (unpaired) electrons. The van der Waals surface area contributed by atoms with Crippen molar-refractivity contribution in [2.45, 2.75) is 19.6 Å². The van der Waals surface area contributed by atoms with Gasteiger partial charge >= 0.3 is 18.1 Å². The van der Waals surface area contributed by atoms with Gasteiger partial charge in [0.2, 0.25) is 0 Å². The van der Waals surface area contributed by atoms with E-state index in [0.29, 0.717) is 47.6 Å². The number of amides is 1. The first-order valence-corrected chi connectivity index (χ1v) is 14.3. The van der Waals surface area contributed by atoms with Gasteiger partial charge in [-0.2, -0.15) is 18.3 Å². The predicted octanol–water partition coefficient (Wildman–Crippen LogP) is 4.40. The third-order valence-electron chi connectivity index (χ3n) is 7.16. The maximum absolute atomic E-state index is 13.9. The van der Waals surface area contributed by atoms with Crippen LogP contribution < -0.4 is 5.32 Å². The van der Waals surface area contributed by atoms with E-state index in [1.165, 1.54) is 12.1 Å². The number of likely N-dealkylation sites (N-methyl/N-ethyl adjacent to an activating group) is 1. The van der Waals surface area contributed by atoms with E-state index in [9.17, 15) is 27.6 Å². The fraction of sp³-hybridized carbons (Fsp3) is 0.242. The lowest BCUT2D eigenvalue weighted by Gasteiger charge is -2.33. The van der Waals surface area contributed by atoms with Crippen LogP contribution in [0.5, 0.6) is 0 Å². The maximum atomic E-state index is 13.9. The highest BCUT2D eigenvalue weighted by molar-refractivity contribution is 6.04. The number of alkyl halides is 3. The Morgan fingerprint density at radius 3 is 2.34 bits per heavy atom. The number of carboxylic acid groups (broad SMARTS) is 2. The van der Waals surface area contributed by atoms with Crippen molar-refractivity contribution < 1.29 is 37.8 Å².